The van der Waals surface area contributed by atoms with Gasteiger partial charge in [0.05, 0.1) is 0 Å². The second-order valence-electron chi connectivity index (χ2n) is 4.48. The number of hydrogen-bond acceptors (Lipinski definition) is 4. The summed E-state index contributed by atoms with van der Waals surface area (Å²) in [5, 5.41) is 8.83. The van der Waals surface area contributed by atoms with Crippen molar-refractivity contribution >= 4 is 33.0 Å². The third-order valence-corrected chi connectivity index (χ3v) is 5.75. The number of rotatable bonds is 6. The molecule has 0 unspecified atom stereocenters. The highest BCUT2D eigenvalue weighted by molar-refractivity contribution is 7.94. The van der Waals surface area contributed by atoms with Crippen LogP contribution < -0.4 is 4.72 Å². The molecule has 1 heterocycles. The molecule has 0 bridgehead atoms. The van der Waals surface area contributed by atoms with Crippen LogP contribution in [-0.4, -0.2) is 19.5 Å². The number of nitrogens with one attached hydrogen (secondary N) is 1. The van der Waals surface area contributed by atoms with Crippen molar-refractivity contribution in [2.75, 3.05) is 4.72 Å². The highest BCUT2D eigenvalue weighted by Crippen LogP contribution is 2.24. The highest BCUT2D eigenvalue weighted by atomic mass is 32.2. The summed E-state index contributed by atoms with van der Waals surface area (Å²) in [4.78, 5) is 10.8. The predicted molar refractivity (Wildman–Crippen MR) is 82.5 cm³/mol. The van der Waals surface area contributed by atoms with Crippen molar-refractivity contribution in [3.8, 4) is 0 Å². The average Bonchev–Trinajstić information content (AvgIpc) is 2.92. The molecule has 21 heavy (non-hydrogen) atoms. The Morgan fingerprint density at radius 2 is 1.86 bits per heavy atom. The maximum Gasteiger partial charge on any atom is 0.345 e. The van der Waals surface area contributed by atoms with Crippen LogP contribution in [0.25, 0.3) is 0 Å². The van der Waals surface area contributed by atoms with Gasteiger partial charge in [-0.2, -0.15) is 0 Å². The summed E-state index contributed by atoms with van der Waals surface area (Å²) in [6, 6.07) is 9.73. The van der Waals surface area contributed by atoms with Crippen molar-refractivity contribution < 1.29 is 18.3 Å². The maximum atomic E-state index is 12.2. The molecule has 0 aliphatic carbocycles. The SMILES string of the molecule is CCCc1ccc(NS(=O)(=O)c2ccc(C(=O)O)s2)cc1. The van der Waals surface area contributed by atoms with E-state index < -0.39 is 16.0 Å². The lowest BCUT2D eigenvalue weighted by atomic mass is 10.1. The van der Waals surface area contributed by atoms with E-state index in [1.165, 1.54) is 12.1 Å². The number of anilines is 1. The van der Waals surface area contributed by atoms with Crippen LogP contribution in [0.1, 0.15) is 28.6 Å². The number of benzene rings is 1. The van der Waals surface area contributed by atoms with Crippen LogP contribution in [0.3, 0.4) is 0 Å². The van der Waals surface area contributed by atoms with Crippen LogP contribution in [-0.2, 0) is 16.4 Å². The molecule has 0 saturated carbocycles. The van der Waals surface area contributed by atoms with E-state index in [-0.39, 0.29) is 9.09 Å². The van der Waals surface area contributed by atoms with Gasteiger partial charge in [-0.05, 0) is 36.2 Å². The molecule has 0 spiro atoms. The smallest absolute Gasteiger partial charge is 0.345 e. The number of sulfonamides is 1. The van der Waals surface area contributed by atoms with Crippen molar-refractivity contribution in [1.29, 1.82) is 0 Å². The Kier molecular flexibility index (Phi) is 4.64. The van der Waals surface area contributed by atoms with Crippen LogP contribution in [0.4, 0.5) is 5.69 Å². The molecule has 2 rings (SSSR count). The van der Waals surface area contributed by atoms with E-state index in [4.69, 9.17) is 5.11 Å². The maximum absolute atomic E-state index is 12.2. The zero-order valence-corrected chi connectivity index (χ0v) is 13.0. The third-order valence-electron chi connectivity index (χ3n) is 2.80. The highest BCUT2D eigenvalue weighted by Gasteiger charge is 2.19. The molecular formula is C14H15NO4S2. The molecule has 7 heteroatoms. The second kappa shape index (κ2) is 6.28. The molecule has 2 N–H and O–H groups in total. The Labute approximate surface area is 127 Å². The van der Waals surface area contributed by atoms with Crippen LogP contribution in [0.2, 0.25) is 0 Å². The van der Waals surface area contributed by atoms with Gasteiger partial charge in [0.25, 0.3) is 10.0 Å². The van der Waals surface area contributed by atoms with Crippen LogP contribution in [0, 0.1) is 0 Å². The minimum absolute atomic E-state index is 0.00586. The standard InChI is InChI=1S/C14H15NO4S2/c1-2-3-10-4-6-11(7-5-10)15-21(18,19)13-9-8-12(20-13)14(16)17/h4-9,15H,2-3H2,1H3,(H,16,17). The summed E-state index contributed by atoms with van der Waals surface area (Å²) < 4.78 is 26.7. The van der Waals surface area contributed by atoms with Crippen molar-refractivity contribution in [1.82, 2.24) is 0 Å². The first-order valence-corrected chi connectivity index (χ1v) is 8.67. The number of aryl methyl sites for hydroxylation is 1. The lowest BCUT2D eigenvalue weighted by molar-refractivity contribution is 0.0702. The Bertz CT molecular complexity index is 733. The summed E-state index contributed by atoms with van der Waals surface area (Å²) >= 11 is 0.728. The van der Waals surface area contributed by atoms with Gasteiger partial charge in [0, 0.05) is 5.69 Å². The molecule has 0 aliphatic rings. The Morgan fingerprint density at radius 3 is 2.38 bits per heavy atom. The molecule has 0 radical (unpaired) electrons. The van der Waals surface area contributed by atoms with Crippen LogP contribution in [0.5, 0.6) is 0 Å². The van der Waals surface area contributed by atoms with E-state index in [0.717, 1.165) is 29.7 Å². The Balaban J connectivity index is 2.18. The molecule has 1 aromatic heterocycles. The third kappa shape index (κ3) is 3.83. The molecule has 0 amide bonds. The van der Waals surface area contributed by atoms with Gasteiger partial charge in [-0.25, -0.2) is 13.2 Å². The number of carbonyl (C=O) groups is 1. The molecule has 112 valence electrons. The van der Waals surface area contributed by atoms with Gasteiger partial charge in [0.15, 0.2) is 0 Å². The zero-order valence-electron chi connectivity index (χ0n) is 11.4. The minimum atomic E-state index is -3.75. The second-order valence-corrected chi connectivity index (χ2v) is 7.47. The predicted octanol–water partition coefficient (Wildman–Crippen LogP) is 3.20. The first-order chi connectivity index (χ1) is 9.92. The van der Waals surface area contributed by atoms with E-state index in [2.05, 4.69) is 11.6 Å². The molecular weight excluding hydrogens is 310 g/mol. The molecule has 5 nitrogen and oxygen atoms in total. The molecule has 1 aromatic carbocycles. The number of aromatic carboxylic acids is 1. The van der Waals surface area contributed by atoms with Gasteiger partial charge >= 0.3 is 5.97 Å². The molecule has 0 saturated heterocycles. The topological polar surface area (TPSA) is 83.5 Å². The van der Waals surface area contributed by atoms with Gasteiger partial charge in [-0.15, -0.1) is 11.3 Å². The number of carboxylic acid groups (broad SMARTS) is 1. The van der Waals surface area contributed by atoms with Crippen LogP contribution >= 0.6 is 11.3 Å². The normalized spacial score (nSPS) is 11.3. The van der Waals surface area contributed by atoms with Crippen LogP contribution in [0.15, 0.2) is 40.6 Å². The van der Waals surface area contributed by atoms with Crippen molar-refractivity contribution in [3.63, 3.8) is 0 Å². The fourth-order valence-corrected chi connectivity index (χ4v) is 4.02. The van der Waals surface area contributed by atoms with Gasteiger partial charge in [0.1, 0.15) is 9.09 Å². The number of hydrogen-bond donors (Lipinski definition) is 2. The lowest BCUT2D eigenvalue weighted by Crippen LogP contribution is -2.11. The van der Waals surface area contributed by atoms with Crippen molar-refractivity contribution in [3.05, 3.63) is 46.8 Å². The van der Waals surface area contributed by atoms with Gasteiger partial charge in [-0.3, -0.25) is 4.72 Å². The van der Waals surface area contributed by atoms with Gasteiger partial charge in [-0.1, -0.05) is 25.5 Å². The molecule has 0 atom stereocenters. The number of carboxylic acids is 1. The van der Waals surface area contributed by atoms with E-state index in [0.29, 0.717) is 5.69 Å². The fourth-order valence-electron chi connectivity index (χ4n) is 1.81. The monoisotopic (exact) mass is 325 g/mol. The molecule has 0 fully saturated rings. The van der Waals surface area contributed by atoms with Gasteiger partial charge in [0.2, 0.25) is 0 Å². The van der Waals surface area contributed by atoms with E-state index >= 15 is 0 Å². The van der Waals surface area contributed by atoms with E-state index in [9.17, 15) is 13.2 Å². The quantitative estimate of drug-likeness (QED) is 0.854. The Hall–Kier alpha value is -1.86. The van der Waals surface area contributed by atoms with Crippen molar-refractivity contribution in [2.24, 2.45) is 0 Å². The largest absolute Gasteiger partial charge is 0.477 e. The summed E-state index contributed by atoms with van der Waals surface area (Å²) in [5.74, 6) is -1.13. The molecule has 2 aromatic rings. The average molecular weight is 325 g/mol. The summed E-state index contributed by atoms with van der Waals surface area (Å²) in [5.41, 5.74) is 1.60. The van der Waals surface area contributed by atoms with E-state index in [1.807, 2.05) is 12.1 Å². The van der Waals surface area contributed by atoms with E-state index in [1.54, 1.807) is 12.1 Å². The minimum Gasteiger partial charge on any atom is -0.477 e. The first kappa shape index (κ1) is 15.5. The lowest BCUT2D eigenvalue weighted by Gasteiger charge is -2.07. The number of thiophene rings is 1. The van der Waals surface area contributed by atoms with Crippen molar-refractivity contribution in [2.45, 2.75) is 24.0 Å². The summed E-state index contributed by atoms with van der Waals surface area (Å²) in [7, 11) is -3.75. The summed E-state index contributed by atoms with van der Waals surface area (Å²) in [6.45, 7) is 2.08. The first-order valence-electron chi connectivity index (χ1n) is 6.37. The van der Waals surface area contributed by atoms with Gasteiger partial charge < -0.3 is 5.11 Å². The summed E-state index contributed by atoms with van der Waals surface area (Å²) in [6.07, 6.45) is 1.97. The molecule has 0 aliphatic heterocycles. The Morgan fingerprint density at radius 1 is 1.19 bits per heavy atom. The fraction of sp³-hybridized carbons (Fsp3) is 0.214. The zero-order chi connectivity index (χ0) is 15.5.